The fourth-order valence-corrected chi connectivity index (χ4v) is 3.73. The minimum atomic E-state index is -3.71. The fourth-order valence-electron chi connectivity index (χ4n) is 2.48. The van der Waals surface area contributed by atoms with Gasteiger partial charge in [0, 0.05) is 30.3 Å². The predicted octanol–water partition coefficient (Wildman–Crippen LogP) is 2.17. The Morgan fingerprint density at radius 3 is 2.59 bits per heavy atom. The summed E-state index contributed by atoms with van der Waals surface area (Å²) in [6.45, 7) is 0.735. The number of benzene rings is 2. The number of nitro benzene ring substituents is 1. The first-order valence-corrected chi connectivity index (χ1v) is 9.67. The van der Waals surface area contributed by atoms with Crippen LogP contribution in [0.25, 0.3) is 0 Å². The first-order valence-electron chi connectivity index (χ1n) is 8.02. The lowest BCUT2D eigenvalue weighted by atomic mass is 10.3. The summed E-state index contributed by atoms with van der Waals surface area (Å²) in [6.07, 6.45) is -0.292. The first-order chi connectivity index (χ1) is 12.8. The molecule has 0 atom stereocenters. The zero-order valence-electron chi connectivity index (χ0n) is 14.1. The number of anilines is 1. The number of rotatable bonds is 6. The molecule has 0 aliphatic carbocycles. The van der Waals surface area contributed by atoms with Gasteiger partial charge in [-0.2, -0.15) is 0 Å². The summed E-state index contributed by atoms with van der Waals surface area (Å²) >= 11 is 0. The van der Waals surface area contributed by atoms with Gasteiger partial charge in [0.1, 0.15) is 13.2 Å². The molecule has 9 nitrogen and oxygen atoms in total. The largest absolute Gasteiger partial charge is 0.486 e. The summed E-state index contributed by atoms with van der Waals surface area (Å²) < 4.78 is 35.6. The van der Waals surface area contributed by atoms with Crippen LogP contribution in [-0.4, -0.2) is 38.2 Å². The van der Waals surface area contributed by atoms with Crippen LogP contribution in [0.3, 0.4) is 0 Å². The van der Waals surface area contributed by atoms with Crippen molar-refractivity contribution in [2.24, 2.45) is 0 Å². The van der Waals surface area contributed by atoms with Crippen LogP contribution in [0.4, 0.5) is 11.4 Å². The van der Waals surface area contributed by atoms with E-state index in [-0.39, 0.29) is 22.7 Å². The Hall–Kier alpha value is -3.14. The maximum Gasteiger partial charge on any atom is 0.271 e. The summed E-state index contributed by atoms with van der Waals surface area (Å²) in [5.74, 6) is -0.142. The minimum absolute atomic E-state index is 0.0369. The van der Waals surface area contributed by atoms with E-state index in [0.29, 0.717) is 24.7 Å². The van der Waals surface area contributed by atoms with Gasteiger partial charge in [-0.05, 0) is 18.2 Å². The Balaban J connectivity index is 1.64. The normalized spacial score (nSPS) is 13.0. The van der Waals surface area contributed by atoms with Crippen LogP contribution in [0.15, 0.2) is 47.4 Å². The average Bonchev–Trinajstić information content (AvgIpc) is 2.66. The Morgan fingerprint density at radius 1 is 1.11 bits per heavy atom. The number of sulfone groups is 1. The first kappa shape index (κ1) is 18.6. The summed E-state index contributed by atoms with van der Waals surface area (Å²) in [6, 6.07) is 9.71. The van der Waals surface area contributed by atoms with Crippen molar-refractivity contribution in [2.45, 2.75) is 11.3 Å². The zero-order valence-corrected chi connectivity index (χ0v) is 14.9. The van der Waals surface area contributed by atoms with Crippen LogP contribution in [0.2, 0.25) is 0 Å². The van der Waals surface area contributed by atoms with E-state index in [4.69, 9.17) is 9.47 Å². The summed E-state index contributed by atoms with van der Waals surface area (Å²) in [7, 11) is -3.71. The molecule has 142 valence electrons. The molecule has 2 aromatic rings. The molecule has 3 rings (SSSR count). The number of carbonyl (C=O) groups is 1. The highest BCUT2D eigenvalue weighted by molar-refractivity contribution is 7.91. The SMILES string of the molecule is O=C(CCS(=O)(=O)c1ccc2c(c1)OCCO2)Nc1cccc([N+](=O)[O-])c1. The lowest BCUT2D eigenvalue weighted by molar-refractivity contribution is -0.384. The molecule has 0 aromatic heterocycles. The lowest BCUT2D eigenvalue weighted by Gasteiger charge is -2.18. The number of hydrogen-bond acceptors (Lipinski definition) is 7. The lowest BCUT2D eigenvalue weighted by Crippen LogP contribution is -2.18. The topological polar surface area (TPSA) is 125 Å². The molecule has 0 bridgehead atoms. The van der Waals surface area contributed by atoms with E-state index in [1.165, 1.54) is 42.5 Å². The molecular formula is C17H16N2O7S. The molecule has 0 spiro atoms. The van der Waals surface area contributed by atoms with Crippen LogP contribution in [0, 0.1) is 10.1 Å². The van der Waals surface area contributed by atoms with Gasteiger partial charge in [-0.3, -0.25) is 14.9 Å². The molecule has 0 unspecified atom stereocenters. The van der Waals surface area contributed by atoms with Gasteiger partial charge in [0.2, 0.25) is 5.91 Å². The molecule has 1 heterocycles. The van der Waals surface area contributed by atoms with E-state index >= 15 is 0 Å². The van der Waals surface area contributed by atoms with Crippen molar-refractivity contribution in [1.82, 2.24) is 0 Å². The number of carbonyl (C=O) groups excluding carboxylic acids is 1. The number of ether oxygens (including phenoxy) is 2. The number of nitrogens with one attached hydrogen (secondary N) is 1. The van der Waals surface area contributed by atoms with Crippen LogP contribution in [0.1, 0.15) is 6.42 Å². The third kappa shape index (κ3) is 4.53. The van der Waals surface area contributed by atoms with Crippen LogP contribution in [-0.2, 0) is 14.6 Å². The predicted molar refractivity (Wildman–Crippen MR) is 95.8 cm³/mol. The Labute approximate surface area is 155 Å². The van der Waals surface area contributed by atoms with Crippen molar-refractivity contribution in [3.8, 4) is 11.5 Å². The van der Waals surface area contributed by atoms with Gasteiger partial charge < -0.3 is 14.8 Å². The van der Waals surface area contributed by atoms with Crippen molar-refractivity contribution in [1.29, 1.82) is 0 Å². The van der Waals surface area contributed by atoms with Crippen molar-refractivity contribution in [3.05, 3.63) is 52.6 Å². The molecule has 0 radical (unpaired) electrons. The van der Waals surface area contributed by atoms with Gasteiger partial charge in [-0.25, -0.2) is 8.42 Å². The zero-order chi connectivity index (χ0) is 19.4. The number of nitrogens with zero attached hydrogens (tertiary/aromatic N) is 1. The second kappa shape index (κ2) is 7.62. The van der Waals surface area contributed by atoms with Crippen molar-refractivity contribution >= 4 is 27.1 Å². The number of nitro groups is 1. The average molecular weight is 392 g/mol. The maximum atomic E-state index is 12.5. The highest BCUT2D eigenvalue weighted by atomic mass is 32.2. The highest BCUT2D eigenvalue weighted by Gasteiger charge is 2.21. The third-order valence-electron chi connectivity index (χ3n) is 3.81. The molecule has 0 saturated heterocycles. The van der Waals surface area contributed by atoms with Crippen LogP contribution < -0.4 is 14.8 Å². The van der Waals surface area contributed by atoms with Gasteiger partial charge in [-0.15, -0.1) is 0 Å². The Bertz CT molecular complexity index is 989. The van der Waals surface area contributed by atoms with Crippen LogP contribution in [0.5, 0.6) is 11.5 Å². The quantitative estimate of drug-likeness (QED) is 0.590. The number of fused-ring (bicyclic) bond motifs is 1. The fraction of sp³-hybridized carbons (Fsp3) is 0.235. The van der Waals surface area contributed by atoms with Gasteiger partial charge in [0.25, 0.3) is 5.69 Å². The molecular weight excluding hydrogens is 376 g/mol. The van der Waals surface area contributed by atoms with Gasteiger partial charge in [-0.1, -0.05) is 6.07 Å². The van der Waals surface area contributed by atoms with Crippen molar-refractivity contribution in [3.63, 3.8) is 0 Å². The third-order valence-corrected chi connectivity index (χ3v) is 5.53. The molecule has 1 aliphatic heterocycles. The van der Waals surface area contributed by atoms with E-state index in [1.54, 1.807) is 0 Å². The van der Waals surface area contributed by atoms with Gasteiger partial charge >= 0.3 is 0 Å². The van der Waals surface area contributed by atoms with E-state index in [0.717, 1.165) is 0 Å². The smallest absolute Gasteiger partial charge is 0.271 e. The summed E-state index contributed by atoms with van der Waals surface area (Å²) in [4.78, 5) is 22.2. The van der Waals surface area contributed by atoms with Gasteiger partial charge in [0.05, 0.1) is 15.6 Å². The van der Waals surface area contributed by atoms with E-state index in [1.807, 2.05) is 0 Å². The summed E-state index contributed by atoms with van der Waals surface area (Å²) in [5, 5.41) is 13.2. The van der Waals surface area contributed by atoms with E-state index in [9.17, 15) is 23.3 Å². The second-order valence-corrected chi connectivity index (χ2v) is 7.84. The molecule has 0 saturated carbocycles. The monoisotopic (exact) mass is 392 g/mol. The van der Waals surface area contributed by atoms with Crippen molar-refractivity contribution in [2.75, 3.05) is 24.3 Å². The maximum absolute atomic E-state index is 12.5. The van der Waals surface area contributed by atoms with Crippen molar-refractivity contribution < 1.29 is 27.6 Å². The van der Waals surface area contributed by atoms with Gasteiger partial charge in [0.15, 0.2) is 21.3 Å². The Morgan fingerprint density at radius 2 is 1.85 bits per heavy atom. The molecule has 1 amide bonds. The van der Waals surface area contributed by atoms with E-state index in [2.05, 4.69) is 5.32 Å². The number of hydrogen-bond donors (Lipinski definition) is 1. The molecule has 2 aromatic carbocycles. The molecule has 0 fully saturated rings. The molecule has 1 aliphatic rings. The molecule has 1 N–H and O–H groups in total. The molecule has 27 heavy (non-hydrogen) atoms. The Kier molecular flexibility index (Phi) is 5.26. The minimum Gasteiger partial charge on any atom is -0.486 e. The van der Waals surface area contributed by atoms with Crippen LogP contribution >= 0.6 is 0 Å². The number of amides is 1. The second-order valence-electron chi connectivity index (χ2n) is 5.73. The summed E-state index contributed by atoms with van der Waals surface area (Å²) in [5.41, 5.74) is 0.0580. The highest BCUT2D eigenvalue weighted by Crippen LogP contribution is 2.32. The standard InChI is InChI=1S/C17H16N2O7S/c20-17(18-12-2-1-3-13(10-12)19(21)22)6-9-27(23,24)14-4-5-15-16(11-14)26-8-7-25-15/h1-5,10-11H,6-9H2,(H,18,20). The van der Waals surface area contributed by atoms with E-state index < -0.39 is 26.4 Å². The molecule has 10 heteroatoms. The number of non-ortho nitro benzene ring substituents is 1.